The van der Waals surface area contributed by atoms with Gasteiger partial charge >= 0.3 is 0 Å². The van der Waals surface area contributed by atoms with Gasteiger partial charge in [0, 0.05) is 0 Å². The number of hydrogen-bond acceptors (Lipinski definition) is 0. The van der Waals surface area contributed by atoms with E-state index in [2.05, 4.69) is 31.9 Å². The Bertz CT molecular complexity index is 81.8. The van der Waals surface area contributed by atoms with Gasteiger partial charge in [-0.3, -0.25) is 0 Å². The lowest BCUT2D eigenvalue weighted by atomic mass is 10.5. The zero-order chi connectivity index (χ0) is 7.65. The monoisotopic (exact) mass is 272 g/mol. The lowest BCUT2D eigenvalue weighted by molar-refractivity contribution is 0.0441. The normalized spacial score (nSPS) is 13.3. The Morgan fingerprint density at radius 3 is 1.11 bits per heavy atom. The summed E-state index contributed by atoms with van der Waals surface area (Å²) in [5, 5.41) is 0. The van der Waals surface area contributed by atoms with Gasteiger partial charge in [-0.1, -0.05) is 31.9 Å². The van der Waals surface area contributed by atoms with Gasteiger partial charge in [0.1, 0.15) is 0 Å². The van der Waals surface area contributed by atoms with Crippen LogP contribution >= 0.6 is 31.9 Å². The fourth-order valence-corrected chi connectivity index (χ4v) is 0.0952. The molecule has 0 aromatic carbocycles. The number of alkyl halides is 6. The van der Waals surface area contributed by atoms with E-state index in [0.29, 0.717) is 0 Å². The topological polar surface area (TPSA) is 0 Å². The van der Waals surface area contributed by atoms with Crippen LogP contribution in [-0.2, 0) is 0 Å². The quantitative estimate of drug-likeness (QED) is 0.536. The van der Waals surface area contributed by atoms with Gasteiger partial charge in [0.15, 0.2) is 0 Å². The van der Waals surface area contributed by atoms with Crippen LogP contribution in [0.15, 0.2) is 0 Å². The highest BCUT2D eigenvalue weighted by molar-refractivity contribution is 9.25. The number of hydrogen-bond donors (Lipinski definition) is 0. The van der Waals surface area contributed by atoms with Gasteiger partial charge in [-0.25, -0.2) is 17.6 Å². The van der Waals surface area contributed by atoms with Crippen molar-refractivity contribution in [2.45, 2.75) is 16.1 Å². The van der Waals surface area contributed by atoms with Crippen molar-refractivity contribution < 1.29 is 17.6 Å². The van der Waals surface area contributed by atoms with E-state index < -0.39 is 16.1 Å². The second-order valence-corrected chi connectivity index (χ2v) is 4.96. The maximum Gasteiger partial charge on any atom is 0.269 e. The summed E-state index contributed by atoms with van der Waals surface area (Å²) in [5.41, 5.74) is 0. The Hall–Kier alpha value is 0.680. The molecule has 0 fully saturated rings. The molecule has 0 aliphatic carbocycles. The molecule has 0 unspecified atom stereocenters. The Kier molecular flexibility index (Phi) is 3.42. The summed E-state index contributed by atoms with van der Waals surface area (Å²) >= 11 is 4.25. The molecular formula is C3H2Br2F4. The lowest BCUT2D eigenvalue weighted by Crippen LogP contribution is -2.30. The Morgan fingerprint density at radius 2 is 1.11 bits per heavy atom. The minimum Gasteiger partial charge on any atom is -0.208 e. The molecule has 0 spiro atoms. The van der Waals surface area contributed by atoms with E-state index >= 15 is 0 Å². The first-order valence-corrected chi connectivity index (χ1v) is 3.41. The third-order valence-electron chi connectivity index (χ3n) is 0.582. The molecule has 6 heteroatoms. The van der Waals surface area contributed by atoms with E-state index in [4.69, 9.17) is 0 Å². The van der Waals surface area contributed by atoms with Crippen molar-refractivity contribution in [3.8, 4) is 0 Å². The van der Waals surface area contributed by atoms with Gasteiger partial charge in [-0.15, -0.1) is 0 Å². The van der Waals surface area contributed by atoms with Crippen LogP contribution in [0.3, 0.4) is 0 Å². The van der Waals surface area contributed by atoms with Crippen molar-refractivity contribution in [2.24, 2.45) is 0 Å². The molecule has 0 aromatic rings. The van der Waals surface area contributed by atoms with Gasteiger partial charge in [0.2, 0.25) is 3.23 Å². The smallest absolute Gasteiger partial charge is 0.208 e. The third kappa shape index (κ3) is 2.41. The van der Waals surface area contributed by atoms with Gasteiger partial charge in [0.05, 0.1) is 0 Å². The minimum atomic E-state index is -3.13. The second-order valence-electron chi connectivity index (χ2n) is 1.28. The molecule has 0 aromatic heterocycles. The van der Waals surface area contributed by atoms with Crippen LogP contribution in [0.1, 0.15) is 0 Å². The zero-order valence-electron chi connectivity index (χ0n) is 3.92. The van der Waals surface area contributed by atoms with Crippen molar-refractivity contribution in [3.05, 3.63) is 0 Å². The molecule has 0 amide bonds. The van der Waals surface area contributed by atoms with Crippen LogP contribution in [0.5, 0.6) is 0 Å². The van der Waals surface area contributed by atoms with Crippen molar-refractivity contribution in [1.29, 1.82) is 0 Å². The molecule has 0 rings (SSSR count). The maximum atomic E-state index is 11.5. The molecule has 56 valence electrons. The van der Waals surface area contributed by atoms with Gasteiger partial charge < -0.3 is 0 Å². The number of halogens is 6. The van der Waals surface area contributed by atoms with Crippen LogP contribution in [0, 0.1) is 0 Å². The fourth-order valence-electron chi connectivity index (χ4n) is 0.0952. The Morgan fingerprint density at radius 1 is 0.889 bits per heavy atom. The highest BCUT2D eigenvalue weighted by Crippen LogP contribution is 2.38. The van der Waals surface area contributed by atoms with Gasteiger partial charge in [-0.05, 0) is 0 Å². The van der Waals surface area contributed by atoms with Crippen LogP contribution in [0.2, 0.25) is 0 Å². The Balaban J connectivity index is 4.01. The standard InChI is InChI=1S/C3H2Br2F4/c4-3(5,1(6)7)2(8)9/h1-2H. The van der Waals surface area contributed by atoms with Crippen LogP contribution in [-0.4, -0.2) is 16.1 Å². The molecule has 0 nitrogen and oxygen atoms in total. The highest BCUT2D eigenvalue weighted by Gasteiger charge is 2.43. The maximum absolute atomic E-state index is 11.5. The Labute approximate surface area is 65.9 Å². The predicted molar refractivity (Wildman–Crippen MR) is 32.6 cm³/mol. The average molecular weight is 274 g/mol. The molecule has 0 aliphatic rings. The summed E-state index contributed by atoms with van der Waals surface area (Å²) in [7, 11) is 0. The summed E-state index contributed by atoms with van der Waals surface area (Å²) in [6.07, 6.45) is -6.25. The molecule has 0 saturated carbocycles. The third-order valence-corrected chi connectivity index (χ3v) is 1.97. The molecule has 0 aliphatic heterocycles. The SMILES string of the molecule is FC(F)C(Br)(Br)C(F)F. The largest absolute Gasteiger partial charge is 0.269 e. The predicted octanol–water partition coefficient (Wildman–Crippen LogP) is 3.00. The highest BCUT2D eigenvalue weighted by atomic mass is 79.9. The van der Waals surface area contributed by atoms with E-state index in [-0.39, 0.29) is 0 Å². The first-order chi connectivity index (χ1) is 3.89. The average Bonchev–Trinajstić information content (AvgIpc) is 1.65. The van der Waals surface area contributed by atoms with Gasteiger partial charge in [-0.2, -0.15) is 0 Å². The first kappa shape index (κ1) is 9.68. The van der Waals surface area contributed by atoms with Crippen molar-refractivity contribution in [1.82, 2.24) is 0 Å². The molecule has 0 heterocycles. The lowest BCUT2D eigenvalue weighted by Gasteiger charge is -2.16. The van der Waals surface area contributed by atoms with Crippen molar-refractivity contribution >= 4 is 31.9 Å². The van der Waals surface area contributed by atoms with Crippen LogP contribution < -0.4 is 0 Å². The number of rotatable bonds is 2. The summed E-state index contributed by atoms with van der Waals surface area (Å²) in [5.74, 6) is 0. The van der Waals surface area contributed by atoms with E-state index in [1.807, 2.05) is 0 Å². The summed E-state index contributed by atoms with van der Waals surface area (Å²) in [4.78, 5) is 0. The summed E-state index contributed by atoms with van der Waals surface area (Å²) in [6.45, 7) is 0. The molecule has 0 N–H and O–H groups in total. The first-order valence-electron chi connectivity index (χ1n) is 1.83. The molecule has 0 saturated heterocycles. The summed E-state index contributed by atoms with van der Waals surface area (Å²) < 4.78 is 43.4. The van der Waals surface area contributed by atoms with E-state index in [1.165, 1.54) is 0 Å². The fraction of sp³-hybridized carbons (Fsp3) is 1.00. The summed E-state index contributed by atoms with van der Waals surface area (Å²) in [6, 6.07) is 0. The minimum absolute atomic E-state index is 2.13. The van der Waals surface area contributed by atoms with Crippen LogP contribution in [0.4, 0.5) is 17.6 Å². The second kappa shape index (κ2) is 3.18. The molecule has 0 bridgehead atoms. The van der Waals surface area contributed by atoms with E-state index in [0.717, 1.165) is 0 Å². The van der Waals surface area contributed by atoms with Crippen LogP contribution in [0.25, 0.3) is 0 Å². The molecule has 0 radical (unpaired) electrons. The van der Waals surface area contributed by atoms with E-state index in [1.54, 1.807) is 0 Å². The molecule has 9 heavy (non-hydrogen) atoms. The van der Waals surface area contributed by atoms with Crippen molar-refractivity contribution in [2.75, 3.05) is 0 Å². The van der Waals surface area contributed by atoms with E-state index in [9.17, 15) is 17.6 Å². The van der Waals surface area contributed by atoms with Crippen molar-refractivity contribution in [3.63, 3.8) is 0 Å². The van der Waals surface area contributed by atoms with Gasteiger partial charge in [0.25, 0.3) is 12.9 Å². The zero-order valence-corrected chi connectivity index (χ0v) is 7.09. The molecular weight excluding hydrogens is 272 g/mol. The molecule has 0 atom stereocenters.